The third kappa shape index (κ3) is 7.20. The summed E-state index contributed by atoms with van der Waals surface area (Å²) < 4.78 is 31.2. The van der Waals surface area contributed by atoms with Gasteiger partial charge in [-0.25, -0.2) is 9.46 Å². The number of nitrogens with zero attached hydrogens (tertiary/aromatic N) is 4. The smallest absolute Gasteiger partial charge is 0.350 e. The van der Waals surface area contributed by atoms with E-state index in [1.807, 2.05) is 59.3 Å². The third-order valence-electron chi connectivity index (χ3n) is 11.3. The van der Waals surface area contributed by atoms with Gasteiger partial charge in [-0.15, -0.1) is 0 Å². The lowest BCUT2D eigenvalue weighted by Gasteiger charge is -2.50. The number of H-pyrrole nitrogens is 1. The Hall–Kier alpha value is -3.34. The molecule has 3 aliphatic heterocycles. The summed E-state index contributed by atoms with van der Waals surface area (Å²) >= 11 is 6.80. The Morgan fingerprint density at radius 2 is 1.41 bits per heavy atom. The Morgan fingerprint density at radius 1 is 0.882 bits per heavy atom. The van der Waals surface area contributed by atoms with E-state index in [2.05, 4.69) is 53.3 Å². The standard InChI is InChI=1S/C39H47ClN5O5P/c1-30-26-44(38(47)41-37(30)46)36-28-42(39(31-14-6-3-7-15-31,32-16-8-4-9-17-32)33-18-10-5-11-19-33)27-35(50-36)29-49-51(40,48)43-22-20-34(21-23-43)45(2)24-12-13-25-45/h3-11,14-19,26,34-36H,12-13,20-25,27-29H2,1-2H3/p+1/t35?,36-,51?/m1/s1. The predicted octanol–water partition coefficient (Wildman–Crippen LogP) is 6.10. The second-order valence-corrected chi connectivity index (χ2v) is 17.5. The summed E-state index contributed by atoms with van der Waals surface area (Å²) in [4.78, 5) is 30.5. The molecule has 12 heteroatoms. The highest BCUT2D eigenvalue weighted by atomic mass is 35.7. The average molecular weight is 733 g/mol. The number of nitrogens with one attached hydrogen (secondary N) is 1. The van der Waals surface area contributed by atoms with Gasteiger partial charge in [0.15, 0.2) is 6.23 Å². The number of likely N-dealkylation sites (tertiary alicyclic amines) is 1. The van der Waals surface area contributed by atoms with Crippen molar-refractivity contribution in [2.24, 2.45) is 0 Å². The topological polar surface area (TPSA) is 96.9 Å². The van der Waals surface area contributed by atoms with Crippen LogP contribution < -0.4 is 11.2 Å². The van der Waals surface area contributed by atoms with Gasteiger partial charge in [0.1, 0.15) is 0 Å². The molecule has 0 amide bonds. The fraction of sp³-hybridized carbons (Fsp3) is 0.436. The number of benzene rings is 3. The van der Waals surface area contributed by atoms with E-state index in [0.29, 0.717) is 37.8 Å². The van der Waals surface area contributed by atoms with Crippen LogP contribution in [0.3, 0.4) is 0 Å². The molecule has 51 heavy (non-hydrogen) atoms. The molecule has 4 aromatic rings. The first-order chi connectivity index (χ1) is 24.6. The number of ether oxygens (including phenoxy) is 1. The maximum absolute atomic E-state index is 14.0. The van der Waals surface area contributed by atoms with Gasteiger partial charge in [-0.1, -0.05) is 91.0 Å². The van der Waals surface area contributed by atoms with Crippen LogP contribution in [0, 0.1) is 6.92 Å². The van der Waals surface area contributed by atoms with Gasteiger partial charge in [0.2, 0.25) is 0 Å². The third-order valence-corrected chi connectivity index (χ3v) is 13.8. The summed E-state index contributed by atoms with van der Waals surface area (Å²) in [6.45, 7) is 2.24. The molecule has 0 saturated carbocycles. The van der Waals surface area contributed by atoms with Crippen LogP contribution in [-0.2, 0) is 19.4 Å². The Morgan fingerprint density at radius 3 is 1.94 bits per heavy atom. The van der Waals surface area contributed by atoms with Crippen molar-refractivity contribution in [1.29, 1.82) is 0 Å². The van der Waals surface area contributed by atoms with Crippen LogP contribution in [-0.4, -0.2) is 88.7 Å². The maximum atomic E-state index is 14.0. The van der Waals surface area contributed by atoms with Crippen LogP contribution in [0.15, 0.2) is 107 Å². The van der Waals surface area contributed by atoms with Gasteiger partial charge in [-0.05, 0) is 34.9 Å². The zero-order chi connectivity index (χ0) is 35.6. The maximum Gasteiger partial charge on any atom is 0.363 e. The normalized spacial score (nSPS) is 23.2. The van der Waals surface area contributed by atoms with E-state index in [1.165, 1.54) is 30.5 Å². The van der Waals surface area contributed by atoms with E-state index in [4.69, 9.17) is 20.5 Å². The lowest BCUT2D eigenvalue weighted by molar-refractivity contribution is -0.923. The number of halogens is 1. The lowest BCUT2D eigenvalue weighted by Crippen LogP contribution is -2.58. The van der Waals surface area contributed by atoms with Crippen LogP contribution in [0.5, 0.6) is 0 Å². The molecule has 1 N–H and O–H groups in total. The van der Waals surface area contributed by atoms with E-state index in [-0.39, 0.29) is 6.61 Å². The fourth-order valence-corrected chi connectivity index (χ4v) is 10.5. The van der Waals surface area contributed by atoms with Gasteiger partial charge in [0.05, 0.1) is 44.4 Å². The molecule has 3 aromatic carbocycles. The van der Waals surface area contributed by atoms with Crippen LogP contribution in [0.25, 0.3) is 0 Å². The largest absolute Gasteiger partial charge is 0.363 e. The minimum absolute atomic E-state index is 0.0486. The van der Waals surface area contributed by atoms with Crippen molar-refractivity contribution in [3.8, 4) is 0 Å². The van der Waals surface area contributed by atoms with Crippen molar-refractivity contribution in [2.75, 3.05) is 52.9 Å². The minimum atomic E-state index is -3.68. The van der Waals surface area contributed by atoms with Gasteiger partial charge < -0.3 is 13.7 Å². The second kappa shape index (κ2) is 15.0. The molecule has 0 bridgehead atoms. The van der Waals surface area contributed by atoms with Crippen molar-refractivity contribution in [3.05, 3.63) is 140 Å². The molecule has 7 rings (SSSR count). The number of aromatic amines is 1. The van der Waals surface area contributed by atoms with E-state index < -0.39 is 36.0 Å². The predicted molar refractivity (Wildman–Crippen MR) is 200 cm³/mol. The monoisotopic (exact) mass is 732 g/mol. The number of hydrogen-bond donors (Lipinski definition) is 1. The highest BCUT2D eigenvalue weighted by Crippen LogP contribution is 2.57. The summed E-state index contributed by atoms with van der Waals surface area (Å²) in [5, 5.41) is 0. The minimum Gasteiger partial charge on any atom is -0.350 e. The van der Waals surface area contributed by atoms with Crippen molar-refractivity contribution < 1.29 is 18.3 Å². The van der Waals surface area contributed by atoms with Crippen LogP contribution in [0.2, 0.25) is 0 Å². The SMILES string of the molecule is Cc1cn([C@H]2CN(C(c3ccccc3)(c3ccccc3)c3ccccc3)CC(COP(=O)(Cl)N3CCC([N+]4(C)CCCC4)CC3)O2)c(=O)[nH]c1=O. The summed E-state index contributed by atoms with van der Waals surface area (Å²) in [5.41, 5.74) is 1.67. The first kappa shape index (κ1) is 36.0. The highest BCUT2D eigenvalue weighted by Gasteiger charge is 2.47. The second-order valence-electron chi connectivity index (χ2n) is 14.5. The zero-order valence-electron chi connectivity index (χ0n) is 29.4. The summed E-state index contributed by atoms with van der Waals surface area (Å²) in [6.07, 6.45) is 4.49. The average Bonchev–Trinajstić information content (AvgIpc) is 3.61. The zero-order valence-corrected chi connectivity index (χ0v) is 31.1. The molecule has 3 atom stereocenters. The van der Waals surface area contributed by atoms with Gasteiger partial charge in [0, 0.05) is 63.6 Å². The lowest BCUT2D eigenvalue weighted by atomic mass is 9.75. The Bertz CT molecular complexity index is 1850. The van der Waals surface area contributed by atoms with Crippen molar-refractivity contribution in [2.45, 2.75) is 56.5 Å². The fourth-order valence-electron chi connectivity index (χ4n) is 8.62. The molecule has 270 valence electrons. The van der Waals surface area contributed by atoms with Crippen molar-refractivity contribution in [1.82, 2.24) is 19.1 Å². The Labute approximate surface area is 304 Å². The number of quaternary nitrogens is 1. The summed E-state index contributed by atoms with van der Waals surface area (Å²) in [6, 6.07) is 31.4. The van der Waals surface area contributed by atoms with Crippen LogP contribution in [0.4, 0.5) is 0 Å². The molecule has 2 unspecified atom stereocenters. The molecule has 1 aromatic heterocycles. The molecule has 3 saturated heterocycles. The molecular formula is C39H48ClN5O5P+. The molecule has 4 heterocycles. The number of hydrogen-bond acceptors (Lipinski definition) is 6. The molecule has 0 aliphatic carbocycles. The first-order valence-corrected chi connectivity index (χ1v) is 20.5. The number of piperidine rings is 1. The van der Waals surface area contributed by atoms with Gasteiger partial charge in [-0.2, -0.15) is 0 Å². The van der Waals surface area contributed by atoms with E-state index >= 15 is 0 Å². The van der Waals surface area contributed by atoms with E-state index in [0.717, 1.165) is 34.0 Å². The molecule has 0 radical (unpaired) electrons. The molecule has 0 spiro atoms. The van der Waals surface area contributed by atoms with E-state index in [9.17, 15) is 14.2 Å². The molecule has 10 nitrogen and oxygen atoms in total. The molecule has 3 fully saturated rings. The molecular weight excluding hydrogens is 685 g/mol. The Balaban J connectivity index is 1.24. The van der Waals surface area contributed by atoms with Gasteiger partial charge in [0.25, 0.3) is 5.56 Å². The van der Waals surface area contributed by atoms with Crippen LogP contribution >= 0.6 is 18.1 Å². The summed E-state index contributed by atoms with van der Waals surface area (Å²) in [7, 11) is 2.35. The number of rotatable bonds is 10. The number of aryl methyl sites for hydroxylation is 1. The van der Waals surface area contributed by atoms with Crippen LogP contribution in [0.1, 0.15) is 54.2 Å². The summed E-state index contributed by atoms with van der Waals surface area (Å²) in [5.74, 6) is 0. The first-order valence-electron chi connectivity index (χ1n) is 18.0. The quantitative estimate of drug-likeness (QED) is 0.120. The van der Waals surface area contributed by atoms with Gasteiger partial charge in [-0.3, -0.25) is 23.8 Å². The molecule has 3 aliphatic rings. The Kier molecular flexibility index (Phi) is 10.6. The number of aromatic nitrogens is 2. The highest BCUT2D eigenvalue weighted by molar-refractivity contribution is 7.83. The van der Waals surface area contributed by atoms with E-state index in [1.54, 1.807) is 13.1 Å². The van der Waals surface area contributed by atoms with Gasteiger partial charge >= 0.3 is 12.6 Å². The number of morpholine rings is 1. The van der Waals surface area contributed by atoms with Crippen molar-refractivity contribution >= 4 is 18.1 Å². The van der Waals surface area contributed by atoms with Crippen molar-refractivity contribution in [3.63, 3.8) is 0 Å².